The summed E-state index contributed by atoms with van der Waals surface area (Å²) in [6, 6.07) is 10.1. The molecule has 1 N–H and O–H groups in total. The van der Waals surface area contributed by atoms with Gasteiger partial charge in [0.15, 0.2) is 5.16 Å². The number of hydrogen-bond donors (Lipinski definition) is 1. The van der Waals surface area contributed by atoms with Crippen LogP contribution in [0.1, 0.15) is 18.9 Å². The van der Waals surface area contributed by atoms with Gasteiger partial charge in [0.1, 0.15) is 5.75 Å². The third kappa shape index (κ3) is 7.11. The molecule has 1 aromatic carbocycles. The van der Waals surface area contributed by atoms with Gasteiger partial charge in [-0.1, -0.05) is 23.9 Å². The Morgan fingerprint density at radius 2 is 1.86 bits per heavy atom. The van der Waals surface area contributed by atoms with E-state index >= 15 is 0 Å². The van der Waals surface area contributed by atoms with Crippen LogP contribution in [0, 0.1) is 0 Å². The van der Waals surface area contributed by atoms with Gasteiger partial charge >= 0.3 is 0 Å². The van der Waals surface area contributed by atoms with Gasteiger partial charge in [-0.25, -0.2) is 9.97 Å². The Morgan fingerprint density at radius 3 is 2.55 bits per heavy atom. The van der Waals surface area contributed by atoms with Gasteiger partial charge in [-0.05, 0) is 43.7 Å². The van der Waals surface area contributed by atoms with E-state index < -0.39 is 0 Å². The quantitative estimate of drug-likeness (QED) is 0.401. The number of benzene rings is 1. The molecule has 1 heterocycles. The van der Waals surface area contributed by atoms with E-state index in [1.165, 1.54) is 5.56 Å². The van der Waals surface area contributed by atoms with Gasteiger partial charge in [-0.3, -0.25) is 0 Å². The summed E-state index contributed by atoms with van der Waals surface area (Å²) in [6.07, 6.45) is 4.65. The van der Waals surface area contributed by atoms with Gasteiger partial charge in [-0.2, -0.15) is 0 Å². The minimum atomic E-state index is 0. The van der Waals surface area contributed by atoms with Crippen molar-refractivity contribution < 1.29 is 17.1 Å². The standard InChI is InChI=1S/C16H21N3OS.ClH/c1-2-20-15-7-5-14(6-8-15)13-17-9-4-12-21-16-18-10-3-11-19-16;/h3,5-8,10-11,17H,2,4,9,12-13H2,1H3;1H/p-1. The first-order valence-electron chi connectivity index (χ1n) is 7.21. The van der Waals surface area contributed by atoms with E-state index in [0.29, 0.717) is 6.61 Å². The minimum absolute atomic E-state index is 0. The summed E-state index contributed by atoms with van der Waals surface area (Å²) < 4.78 is 5.43. The van der Waals surface area contributed by atoms with Crippen LogP contribution in [-0.4, -0.2) is 28.9 Å². The third-order valence-electron chi connectivity index (χ3n) is 2.83. The second-order valence-corrected chi connectivity index (χ2v) is 5.55. The fourth-order valence-corrected chi connectivity index (χ4v) is 2.57. The molecule has 0 radical (unpaired) electrons. The molecular formula is C16H21ClN3OS-. The highest BCUT2D eigenvalue weighted by atomic mass is 35.5. The van der Waals surface area contributed by atoms with E-state index in [1.807, 2.05) is 25.1 Å². The van der Waals surface area contributed by atoms with Gasteiger partial charge < -0.3 is 22.5 Å². The molecule has 0 unspecified atom stereocenters. The van der Waals surface area contributed by atoms with Crippen LogP contribution < -0.4 is 22.5 Å². The molecule has 0 atom stereocenters. The van der Waals surface area contributed by atoms with Crippen molar-refractivity contribution in [2.24, 2.45) is 0 Å². The first-order valence-corrected chi connectivity index (χ1v) is 8.19. The van der Waals surface area contributed by atoms with Crippen molar-refractivity contribution in [2.75, 3.05) is 18.9 Å². The van der Waals surface area contributed by atoms with E-state index in [1.54, 1.807) is 24.2 Å². The lowest BCUT2D eigenvalue weighted by atomic mass is 10.2. The van der Waals surface area contributed by atoms with Crippen molar-refractivity contribution in [3.63, 3.8) is 0 Å². The molecular weight excluding hydrogens is 318 g/mol. The van der Waals surface area contributed by atoms with Crippen molar-refractivity contribution >= 4 is 11.8 Å². The number of ether oxygens (including phenoxy) is 1. The van der Waals surface area contributed by atoms with Crippen LogP contribution in [0.4, 0.5) is 0 Å². The van der Waals surface area contributed by atoms with Crippen LogP contribution in [0.3, 0.4) is 0 Å². The molecule has 0 spiro atoms. The Hall–Kier alpha value is -1.30. The number of aromatic nitrogens is 2. The molecule has 0 aliphatic heterocycles. The molecule has 2 aromatic rings. The van der Waals surface area contributed by atoms with Crippen molar-refractivity contribution in [2.45, 2.75) is 25.0 Å². The minimum Gasteiger partial charge on any atom is -1.00 e. The van der Waals surface area contributed by atoms with Gasteiger partial charge in [0.25, 0.3) is 0 Å². The zero-order valence-electron chi connectivity index (χ0n) is 12.7. The van der Waals surface area contributed by atoms with Crippen molar-refractivity contribution in [3.8, 4) is 5.75 Å². The van der Waals surface area contributed by atoms with E-state index in [2.05, 4.69) is 27.4 Å². The molecule has 0 bridgehead atoms. The van der Waals surface area contributed by atoms with Crippen molar-refractivity contribution in [1.29, 1.82) is 0 Å². The Bertz CT molecular complexity index is 511. The summed E-state index contributed by atoms with van der Waals surface area (Å²) in [5.41, 5.74) is 1.28. The summed E-state index contributed by atoms with van der Waals surface area (Å²) in [7, 11) is 0. The molecule has 2 rings (SSSR count). The predicted octanol–water partition coefficient (Wildman–Crippen LogP) is 0.151. The van der Waals surface area contributed by atoms with E-state index in [9.17, 15) is 0 Å². The fourth-order valence-electron chi connectivity index (χ4n) is 1.82. The Labute approximate surface area is 142 Å². The summed E-state index contributed by atoms with van der Waals surface area (Å²) in [5.74, 6) is 1.96. The summed E-state index contributed by atoms with van der Waals surface area (Å²) in [5, 5.41) is 4.30. The number of halogens is 1. The number of nitrogens with one attached hydrogen (secondary N) is 1. The van der Waals surface area contributed by atoms with Gasteiger partial charge in [0.2, 0.25) is 0 Å². The van der Waals surface area contributed by atoms with Gasteiger partial charge in [0, 0.05) is 24.7 Å². The van der Waals surface area contributed by atoms with Gasteiger partial charge in [-0.15, -0.1) is 0 Å². The fraction of sp³-hybridized carbons (Fsp3) is 0.375. The highest BCUT2D eigenvalue weighted by Crippen LogP contribution is 2.13. The SMILES string of the molecule is CCOc1ccc(CNCCCSc2ncccn2)cc1.[Cl-]. The number of nitrogens with zero attached hydrogens (tertiary/aromatic N) is 2. The lowest BCUT2D eigenvalue weighted by Gasteiger charge is -2.06. The molecule has 6 heteroatoms. The van der Waals surface area contributed by atoms with Crippen LogP contribution in [-0.2, 0) is 6.54 Å². The molecule has 4 nitrogen and oxygen atoms in total. The maximum absolute atomic E-state index is 5.43. The number of hydrogen-bond acceptors (Lipinski definition) is 5. The summed E-state index contributed by atoms with van der Waals surface area (Å²) in [4.78, 5) is 8.37. The molecule has 0 saturated carbocycles. The predicted molar refractivity (Wildman–Crippen MR) is 86.7 cm³/mol. The van der Waals surface area contributed by atoms with Crippen LogP contribution in [0.2, 0.25) is 0 Å². The van der Waals surface area contributed by atoms with Crippen molar-refractivity contribution in [1.82, 2.24) is 15.3 Å². The molecule has 0 amide bonds. The second-order valence-electron chi connectivity index (χ2n) is 4.49. The summed E-state index contributed by atoms with van der Waals surface area (Å²) in [6.45, 7) is 4.58. The maximum atomic E-state index is 5.43. The largest absolute Gasteiger partial charge is 1.00 e. The topological polar surface area (TPSA) is 47.0 Å². The summed E-state index contributed by atoms with van der Waals surface area (Å²) >= 11 is 1.70. The average molecular weight is 339 g/mol. The average Bonchev–Trinajstić information content (AvgIpc) is 2.53. The second kappa shape index (κ2) is 11.3. The maximum Gasteiger partial charge on any atom is 0.187 e. The Balaban J connectivity index is 0.00000242. The van der Waals surface area contributed by atoms with Gasteiger partial charge in [0.05, 0.1) is 6.61 Å². The monoisotopic (exact) mass is 338 g/mol. The normalized spacial score (nSPS) is 10.0. The number of thioether (sulfide) groups is 1. The first-order chi connectivity index (χ1) is 10.4. The zero-order valence-corrected chi connectivity index (χ0v) is 14.2. The molecule has 0 fully saturated rings. The van der Waals surface area contributed by atoms with Crippen LogP contribution in [0.15, 0.2) is 47.9 Å². The lowest BCUT2D eigenvalue weighted by Crippen LogP contribution is -3.00. The number of rotatable bonds is 9. The van der Waals surface area contributed by atoms with Crippen LogP contribution in [0.5, 0.6) is 5.75 Å². The van der Waals surface area contributed by atoms with Crippen molar-refractivity contribution in [3.05, 3.63) is 48.3 Å². The Morgan fingerprint density at radius 1 is 1.14 bits per heavy atom. The molecule has 1 aromatic heterocycles. The smallest absolute Gasteiger partial charge is 0.187 e. The Kier molecular flexibility index (Phi) is 9.62. The first kappa shape index (κ1) is 18.7. The highest BCUT2D eigenvalue weighted by molar-refractivity contribution is 7.99. The molecule has 0 aliphatic rings. The third-order valence-corrected chi connectivity index (χ3v) is 3.80. The highest BCUT2D eigenvalue weighted by Gasteiger charge is 1.97. The van der Waals surface area contributed by atoms with Crippen LogP contribution >= 0.6 is 11.8 Å². The van der Waals surface area contributed by atoms with E-state index in [-0.39, 0.29) is 12.4 Å². The molecule has 120 valence electrons. The van der Waals surface area contributed by atoms with Crippen LogP contribution in [0.25, 0.3) is 0 Å². The molecule has 0 aliphatic carbocycles. The zero-order chi connectivity index (χ0) is 14.8. The van der Waals surface area contributed by atoms with E-state index in [4.69, 9.17) is 4.74 Å². The molecule has 22 heavy (non-hydrogen) atoms. The molecule has 0 saturated heterocycles. The van der Waals surface area contributed by atoms with E-state index in [0.717, 1.165) is 36.2 Å². The lowest BCUT2D eigenvalue weighted by molar-refractivity contribution is -0.00000498.